The Bertz CT molecular complexity index is 490. The molecule has 0 spiro atoms. The number of rotatable bonds is 2. The van der Waals surface area contributed by atoms with E-state index in [1.807, 2.05) is 0 Å². The van der Waals surface area contributed by atoms with Crippen LogP contribution in [0.4, 0.5) is 8.78 Å². The van der Waals surface area contributed by atoms with Crippen molar-refractivity contribution in [3.8, 4) is 0 Å². The van der Waals surface area contributed by atoms with Crippen LogP contribution in [-0.4, -0.2) is 13.4 Å². The van der Waals surface area contributed by atoms with E-state index in [0.29, 0.717) is 0 Å². The molecular weight excluding hydrogens is 271 g/mol. The number of hydrogen-bond acceptors (Lipinski definition) is 3. The summed E-state index contributed by atoms with van der Waals surface area (Å²) < 4.78 is 46.9. The Hall–Kier alpha value is -0.460. The van der Waals surface area contributed by atoms with Crippen LogP contribution in [0.1, 0.15) is 17.7 Å². The summed E-state index contributed by atoms with van der Waals surface area (Å²) in [4.78, 5) is 2.89. The third kappa shape index (κ3) is 2.76. The van der Waals surface area contributed by atoms with Crippen molar-refractivity contribution in [3.63, 3.8) is 0 Å². The van der Waals surface area contributed by atoms with Crippen LogP contribution < -0.4 is 0 Å². The van der Waals surface area contributed by atoms with Crippen LogP contribution in [0.2, 0.25) is 5.15 Å². The monoisotopic (exact) mass is 275 g/mol. The molecule has 0 aliphatic carbocycles. The first-order valence-electron chi connectivity index (χ1n) is 3.63. The summed E-state index contributed by atoms with van der Waals surface area (Å²) in [6, 6.07) is 0.936. The van der Waals surface area contributed by atoms with Crippen LogP contribution in [-0.2, 0) is 9.05 Å². The molecule has 3 nitrogen and oxygen atoms in total. The number of nitrogens with zero attached hydrogens (tertiary/aromatic N) is 1. The molecular formula is C7H5Cl2F2NO2S. The lowest BCUT2D eigenvalue weighted by Crippen LogP contribution is -2.02. The fraction of sp³-hybridized carbons (Fsp3) is 0.286. The van der Waals surface area contributed by atoms with Gasteiger partial charge in [-0.3, -0.25) is 0 Å². The van der Waals surface area contributed by atoms with Gasteiger partial charge in [0.25, 0.3) is 15.5 Å². The molecule has 0 aliphatic rings. The fourth-order valence-electron chi connectivity index (χ4n) is 1.04. The van der Waals surface area contributed by atoms with Crippen molar-refractivity contribution >= 4 is 31.3 Å². The van der Waals surface area contributed by atoms with Crippen molar-refractivity contribution in [1.82, 2.24) is 4.98 Å². The molecule has 1 rings (SSSR count). The van der Waals surface area contributed by atoms with Gasteiger partial charge < -0.3 is 0 Å². The minimum absolute atomic E-state index is 0.190. The molecule has 0 saturated heterocycles. The molecule has 1 aromatic heterocycles. The summed E-state index contributed by atoms with van der Waals surface area (Å²) in [7, 11) is 0.956. The molecule has 0 bridgehead atoms. The Morgan fingerprint density at radius 3 is 2.40 bits per heavy atom. The Morgan fingerprint density at radius 2 is 2.00 bits per heavy atom. The van der Waals surface area contributed by atoms with Crippen LogP contribution in [0.15, 0.2) is 11.0 Å². The lowest BCUT2D eigenvalue weighted by molar-refractivity contribution is 0.145. The zero-order valence-corrected chi connectivity index (χ0v) is 9.67. The Labute approximate surface area is 94.4 Å². The van der Waals surface area contributed by atoms with E-state index in [0.717, 1.165) is 6.07 Å². The molecule has 1 heterocycles. The Kier molecular flexibility index (Phi) is 3.52. The standard InChI is InChI=1S/C7H5Cl2F2NO2S/c1-3-4(15(9,13)14)2-5(8)12-6(3)7(10)11/h2,7H,1H3. The van der Waals surface area contributed by atoms with Crippen LogP contribution in [0.5, 0.6) is 0 Å². The molecule has 8 heteroatoms. The second-order valence-electron chi connectivity index (χ2n) is 2.69. The van der Waals surface area contributed by atoms with Crippen LogP contribution in [0.25, 0.3) is 0 Å². The van der Waals surface area contributed by atoms with Gasteiger partial charge in [-0.2, -0.15) is 0 Å². The van der Waals surface area contributed by atoms with Gasteiger partial charge in [0, 0.05) is 10.7 Å². The van der Waals surface area contributed by atoms with Crippen molar-refractivity contribution in [3.05, 3.63) is 22.5 Å². The maximum absolute atomic E-state index is 12.4. The second-order valence-corrected chi connectivity index (χ2v) is 5.61. The predicted molar refractivity (Wildman–Crippen MR) is 52.0 cm³/mol. The highest BCUT2D eigenvalue weighted by atomic mass is 35.7. The average Bonchev–Trinajstić information content (AvgIpc) is 2.06. The summed E-state index contributed by atoms with van der Waals surface area (Å²) in [5.74, 6) is 0. The van der Waals surface area contributed by atoms with Crippen LogP contribution >= 0.6 is 22.3 Å². The SMILES string of the molecule is Cc1c(S(=O)(=O)Cl)cc(Cl)nc1C(F)F. The molecule has 1 aromatic rings. The van der Waals surface area contributed by atoms with Gasteiger partial charge in [-0.25, -0.2) is 22.2 Å². The summed E-state index contributed by atoms with van der Waals surface area (Å²) >= 11 is 5.40. The maximum atomic E-state index is 12.4. The van der Waals surface area contributed by atoms with E-state index in [4.69, 9.17) is 22.3 Å². The van der Waals surface area contributed by atoms with Gasteiger partial charge in [-0.1, -0.05) is 11.6 Å². The third-order valence-corrected chi connectivity index (χ3v) is 3.34. The molecule has 0 fully saturated rings. The number of hydrogen-bond donors (Lipinski definition) is 0. The molecule has 84 valence electrons. The quantitative estimate of drug-likeness (QED) is 0.616. The average molecular weight is 276 g/mol. The largest absolute Gasteiger partial charge is 0.280 e. The first-order valence-corrected chi connectivity index (χ1v) is 6.32. The van der Waals surface area contributed by atoms with Gasteiger partial charge in [0.1, 0.15) is 10.8 Å². The first-order chi connectivity index (χ1) is 6.73. The van der Waals surface area contributed by atoms with E-state index < -0.39 is 26.1 Å². The molecule has 0 N–H and O–H groups in total. The van der Waals surface area contributed by atoms with Gasteiger partial charge in [-0.05, 0) is 18.6 Å². The minimum atomic E-state index is -4.10. The minimum Gasteiger partial charge on any atom is -0.235 e. The van der Waals surface area contributed by atoms with Crippen molar-refractivity contribution in [1.29, 1.82) is 0 Å². The van der Waals surface area contributed by atoms with Crippen molar-refractivity contribution < 1.29 is 17.2 Å². The lowest BCUT2D eigenvalue weighted by Gasteiger charge is -2.07. The van der Waals surface area contributed by atoms with Crippen LogP contribution in [0, 0.1) is 6.92 Å². The van der Waals surface area contributed by atoms with Gasteiger partial charge in [-0.15, -0.1) is 0 Å². The van der Waals surface area contributed by atoms with Crippen LogP contribution in [0.3, 0.4) is 0 Å². The normalized spacial score (nSPS) is 12.1. The predicted octanol–water partition coefficient (Wildman–Crippen LogP) is 2.91. The molecule has 15 heavy (non-hydrogen) atoms. The van der Waals surface area contributed by atoms with E-state index in [2.05, 4.69) is 4.98 Å². The molecule has 0 unspecified atom stereocenters. The van der Waals surface area contributed by atoms with Gasteiger partial charge >= 0.3 is 0 Å². The number of aromatic nitrogens is 1. The highest BCUT2D eigenvalue weighted by Gasteiger charge is 2.22. The summed E-state index contributed by atoms with van der Waals surface area (Å²) in [5, 5.41) is -0.338. The molecule has 0 aliphatic heterocycles. The third-order valence-electron chi connectivity index (χ3n) is 1.70. The maximum Gasteiger partial charge on any atom is 0.280 e. The molecule has 0 atom stereocenters. The number of alkyl halides is 2. The fourth-order valence-corrected chi connectivity index (χ4v) is 2.51. The van der Waals surface area contributed by atoms with E-state index in [1.165, 1.54) is 6.92 Å². The first kappa shape index (κ1) is 12.6. The number of pyridine rings is 1. The van der Waals surface area contributed by atoms with Crippen molar-refractivity contribution in [2.24, 2.45) is 0 Å². The zero-order valence-electron chi connectivity index (χ0n) is 7.34. The lowest BCUT2D eigenvalue weighted by atomic mass is 10.2. The van der Waals surface area contributed by atoms with E-state index in [-0.39, 0.29) is 10.7 Å². The number of halogens is 4. The summed E-state index contributed by atoms with van der Waals surface area (Å²) in [6.07, 6.45) is -2.90. The summed E-state index contributed by atoms with van der Waals surface area (Å²) in [6.45, 7) is 1.19. The Morgan fingerprint density at radius 1 is 1.47 bits per heavy atom. The van der Waals surface area contributed by atoms with E-state index in [1.54, 1.807) is 0 Å². The van der Waals surface area contributed by atoms with Crippen molar-refractivity contribution in [2.75, 3.05) is 0 Å². The molecule has 0 amide bonds. The van der Waals surface area contributed by atoms with Gasteiger partial charge in [0.15, 0.2) is 0 Å². The van der Waals surface area contributed by atoms with Gasteiger partial charge in [0.05, 0.1) is 4.90 Å². The van der Waals surface area contributed by atoms with E-state index in [9.17, 15) is 17.2 Å². The molecule has 0 saturated carbocycles. The summed E-state index contributed by atoms with van der Waals surface area (Å²) in [5.41, 5.74) is -0.869. The van der Waals surface area contributed by atoms with E-state index >= 15 is 0 Å². The highest BCUT2D eigenvalue weighted by molar-refractivity contribution is 8.13. The topological polar surface area (TPSA) is 47.0 Å². The second kappa shape index (κ2) is 4.19. The highest BCUT2D eigenvalue weighted by Crippen LogP contribution is 2.29. The molecule has 0 aromatic carbocycles. The Balaban J connectivity index is 3.56. The zero-order chi connectivity index (χ0) is 11.8. The van der Waals surface area contributed by atoms with Gasteiger partial charge in [0.2, 0.25) is 0 Å². The smallest absolute Gasteiger partial charge is 0.235 e. The van der Waals surface area contributed by atoms with Crippen molar-refractivity contribution in [2.45, 2.75) is 18.2 Å². The molecule has 0 radical (unpaired) electrons.